The van der Waals surface area contributed by atoms with Gasteiger partial charge < -0.3 is 10.4 Å². The fourth-order valence-electron chi connectivity index (χ4n) is 1.98. The number of pyridine rings is 1. The van der Waals surface area contributed by atoms with E-state index in [4.69, 9.17) is 0 Å². The predicted octanol–water partition coefficient (Wildman–Crippen LogP) is 2.78. The zero-order valence-corrected chi connectivity index (χ0v) is 12.0. The van der Waals surface area contributed by atoms with E-state index in [9.17, 15) is 5.11 Å². The summed E-state index contributed by atoms with van der Waals surface area (Å²) in [5, 5.41) is 13.6. The molecule has 1 aromatic heterocycles. The lowest BCUT2D eigenvalue weighted by Crippen LogP contribution is -2.39. The normalized spacial score (nSPS) is 23.1. The minimum absolute atomic E-state index is 0.124. The second-order valence-corrected chi connectivity index (χ2v) is 5.79. The summed E-state index contributed by atoms with van der Waals surface area (Å²) < 4.78 is 1.76. The van der Waals surface area contributed by atoms with Crippen LogP contribution in [0.4, 0.5) is 0 Å². The molecule has 0 spiro atoms. The third kappa shape index (κ3) is 2.83. The molecule has 0 bridgehead atoms. The van der Waals surface area contributed by atoms with Crippen LogP contribution in [-0.4, -0.2) is 22.7 Å². The van der Waals surface area contributed by atoms with Gasteiger partial charge in [0.25, 0.3) is 0 Å². The van der Waals surface area contributed by atoms with Gasteiger partial charge in [-0.2, -0.15) is 0 Å². The van der Waals surface area contributed by atoms with Crippen molar-refractivity contribution in [1.29, 1.82) is 0 Å². The van der Waals surface area contributed by atoms with E-state index in [1.807, 2.05) is 6.07 Å². The Kier molecular flexibility index (Phi) is 4.35. The van der Waals surface area contributed by atoms with Crippen molar-refractivity contribution in [2.45, 2.75) is 31.4 Å². The number of piperidine rings is 1. The summed E-state index contributed by atoms with van der Waals surface area (Å²) >= 11 is 6.79. The summed E-state index contributed by atoms with van der Waals surface area (Å²) in [5.74, 6) is 0. The topological polar surface area (TPSA) is 45.2 Å². The Morgan fingerprint density at radius 2 is 2.25 bits per heavy atom. The minimum Gasteiger partial charge on any atom is -0.385 e. The summed E-state index contributed by atoms with van der Waals surface area (Å²) in [5.41, 5.74) is 0.711. The van der Waals surface area contributed by atoms with Crippen LogP contribution in [0.15, 0.2) is 21.2 Å². The van der Waals surface area contributed by atoms with Crippen LogP contribution in [0.2, 0.25) is 0 Å². The lowest BCUT2D eigenvalue weighted by atomic mass is 9.98. The highest BCUT2D eigenvalue weighted by atomic mass is 79.9. The second-order valence-electron chi connectivity index (χ2n) is 4.02. The van der Waals surface area contributed by atoms with E-state index in [1.54, 1.807) is 6.20 Å². The van der Waals surface area contributed by atoms with Gasteiger partial charge in [-0.15, -0.1) is 0 Å². The molecule has 0 aromatic carbocycles. The van der Waals surface area contributed by atoms with Crippen molar-refractivity contribution in [2.75, 3.05) is 6.54 Å². The third-order valence-electron chi connectivity index (χ3n) is 2.85. The standard InChI is InChI=1S/C11H14Br2N2O/c12-7-5-8(13)10(15-6-7)11(16)9-3-1-2-4-14-9/h5-6,9,11,14,16H,1-4H2. The first-order valence-corrected chi connectivity index (χ1v) is 6.99. The Hall–Kier alpha value is 0.0300. The summed E-state index contributed by atoms with van der Waals surface area (Å²) in [6.45, 7) is 0.982. The van der Waals surface area contributed by atoms with Gasteiger partial charge in [0.1, 0.15) is 6.10 Å². The molecule has 0 radical (unpaired) electrons. The average Bonchev–Trinajstić information content (AvgIpc) is 2.29. The molecule has 88 valence electrons. The Labute approximate surface area is 112 Å². The largest absolute Gasteiger partial charge is 0.385 e. The zero-order valence-electron chi connectivity index (χ0n) is 8.79. The smallest absolute Gasteiger partial charge is 0.112 e. The van der Waals surface area contributed by atoms with Crippen LogP contribution in [0, 0.1) is 0 Å². The van der Waals surface area contributed by atoms with Crippen molar-refractivity contribution in [3.05, 3.63) is 26.9 Å². The zero-order chi connectivity index (χ0) is 11.5. The molecule has 3 nitrogen and oxygen atoms in total. The highest BCUT2D eigenvalue weighted by Gasteiger charge is 2.25. The van der Waals surface area contributed by atoms with Gasteiger partial charge in [-0.1, -0.05) is 6.42 Å². The first-order chi connectivity index (χ1) is 7.68. The molecule has 2 heterocycles. The number of nitrogens with zero attached hydrogens (tertiary/aromatic N) is 1. The van der Waals surface area contributed by atoms with Crippen molar-refractivity contribution in [3.63, 3.8) is 0 Å². The molecule has 0 saturated carbocycles. The van der Waals surface area contributed by atoms with E-state index in [2.05, 4.69) is 42.2 Å². The van der Waals surface area contributed by atoms with Gasteiger partial charge in [-0.05, 0) is 57.3 Å². The van der Waals surface area contributed by atoms with E-state index in [1.165, 1.54) is 12.8 Å². The fourth-order valence-corrected chi connectivity index (χ4v) is 3.20. The summed E-state index contributed by atoms with van der Waals surface area (Å²) in [7, 11) is 0. The molecule has 2 rings (SSSR count). The van der Waals surface area contributed by atoms with Gasteiger partial charge in [0.05, 0.1) is 5.69 Å². The van der Waals surface area contributed by atoms with Gasteiger partial charge in [0.15, 0.2) is 0 Å². The maximum Gasteiger partial charge on any atom is 0.112 e. The first-order valence-electron chi connectivity index (χ1n) is 5.41. The number of aliphatic hydroxyl groups is 1. The highest BCUT2D eigenvalue weighted by molar-refractivity contribution is 9.11. The van der Waals surface area contributed by atoms with E-state index in [0.717, 1.165) is 21.9 Å². The fraction of sp³-hybridized carbons (Fsp3) is 0.545. The molecular formula is C11H14Br2N2O. The molecule has 0 aliphatic carbocycles. The summed E-state index contributed by atoms with van der Waals surface area (Å²) in [6.07, 6.45) is 4.54. The van der Waals surface area contributed by atoms with Gasteiger partial charge in [0, 0.05) is 21.2 Å². The van der Waals surface area contributed by atoms with E-state index < -0.39 is 6.10 Å². The Balaban J connectivity index is 2.15. The minimum atomic E-state index is -0.539. The van der Waals surface area contributed by atoms with Crippen molar-refractivity contribution in [2.24, 2.45) is 0 Å². The molecule has 0 amide bonds. The van der Waals surface area contributed by atoms with Crippen LogP contribution in [0.3, 0.4) is 0 Å². The molecule has 1 aromatic rings. The Morgan fingerprint density at radius 1 is 1.44 bits per heavy atom. The van der Waals surface area contributed by atoms with Crippen molar-refractivity contribution in [3.8, 4) is 0 Å². The van der Waals surface area contributed by atoms with Gasteiger partial charge in [-0.3, -0.25) is 4.98 Å². The Bertz CT molecular complexity index is 367. The third-order valence-corrected chi connectivity index (χ3v) is 3.91. The van der Waals surface area contributed by atoms with E-state index >= 15 is 0 Å². The van der Waals surface area contributed by atoms with Crippen LogP contribution < -0.4 is 5.32 Å². The number of halogens is 2. The molecular weight excluding hydrogens is 336 g/mol. The quantitative estimate of drug-likeness (QED) is 0.862. The molecule has 2 N–H and O–H groups in total. The van der Waals surface area contributed by atoms with Gasteiger partial charge in [-0.25, -0.2) is 0 Å². The van der Waals surface area contributed by atoms with Crippen LogP contribution in [-0.2, 0) is 0 Å². The molecule has 1 fully saturated rings. The van der Waals surface area contributed by atoms with Crippen molar-refractivity contribution < 1.29 is 5.11 Å². The molecule has 1 aliphatic rings. The number of hydrogen-bond acceptors (Lipinski definition) is 3. The van der Waals surface area contributed by atoms with Crippen molar-refractivity contribution >= 4 is 31.9 Å². The van der Waals surface area contributed by atoms with Crippen LogP contribution in [0.25, 0.3) is 0 Å². The monoisotopic (exact) mass is 348 g/mol. The maximum absolute atomic E-state index is 10.2. The SMILES string of the molecule is OC(c1ncc(Br)cc1Br)C1CCCCN1. The molecule has 1 aliphatic heterocycles. The number of nitrogens with one attached hydrogen (secondary N) is 1. The number of aromatic nitrogens is 1. The van der Waals surface area contributed by atoms with Gasteiger partial charge in [0.2, 0.25) is 0 Å². The summed E-state index contributed by atoms with van der Waals surface area (Å²) in [4.78, 5) is 4.27. The lowest BCUT2D eigenvalue weighted by Gasteiger charge is -2.28. The van der Waals surface area contributed by atoms with Gasteiger partial charge >= 0.3 is 0 Å². The van der Waals surface area contributed by atoms with E-state index in [0.29, 0.717) is 5.69 Å². The predicted molar refractivity (Wildman–Crippen MR) is 70.2 cm³/mol. The van der Waals surface area contributed by atoms with Crippen LogP contribution in [0.5, 0.6) is 0 Å². The maximum atomic E-state index is 10.2. The molecule has 1 saturated heterocycles. The second kappa shape index (κ2) is 5.58. The number of aliphatic hydroxyl groups excluding tert-OH is 1. The van der Waals surface area contributed by atoms with Crippen LogP contribution in [0.1, 0.15) is 31.1 Å². The first kappa shape index (κ1) is 12.5. The molecule has 5 heteroatoms. The number of hydrogen-bond donors (Lipinski definition) is 2. The molecule has 2 unspecified atom stereocenters. The van der Waals surface area contributed by atoms with Crippen LogP contribution >= 0.6 is 31.9 Å². The molecule has 2 atom stereocenters. The highest BCUT2D eigenvalue weighted by Crippen LogP contribution is 2.28. The number of rotatable bonds is 2. The summed E-state index contributed by atoms with van der Waals surface area (Å²) in [6, 6.07) is 2.03. The van der Waals surface area contributed by atoms with Crippen molar-refractivity contribution in [1.82, 2.24) is 10.3 Å². The average molecular weight is 350 g/mol. The molecule has 16 heavy (non-hydrogen) atoms. The van der Waals surface area contributed by atoms with E-state index in [-0.39, 0.29) is 6.04 Å². The Morgan fingerprint density at radius 3 is 2.88 bits per heavy atom. The lowest BCUT2D eigenvalue weighted by molar-refractivity contribution is 0.109.